The second-order valence-corrected chi connectivity index (χ2v) is 5.60. The first-order chi connectivity index (χ1) is 9.75. The maximum absolute atomic E-state index is 13.0. The quantitative estimate of drug-likeness (QED) is 0.607. The second-order valence-electron chi connectivity index (χ2n) is 4.44. The number of halogens is 1. The van der Waals surface area contributed by atoms with E-state index in [2.05, 4.69) is 17.4 Å². The monoisotopic (exact) mass is 291 g/mol. The summed E-state index contributed by atoms with van der Waals surface area (Å²) in [4.78, 5) is 1.24. The van der Waals surface area contributed by atoms with Gasteiger partial charge in [0.25, 0.3) is 0 Å². The summed E-state index contributed by atoms with van der Waals surface area (Å²) in [6, 6.07) is 16.3. The molecule has 2 aromatic carbocycles. The average molecular weight is 291 g/mol. The molecule has 2 rings (SSSR count). The third-order valence-electron chi connectivity index (χ3n) is 2.86. The van der Waals surface area contributed by atoms with Gasteiger partial charge in [0.2, 0.25) is 0 Å². The van der Waals surface area contributed by atoms with Gasteiger partial charge in [-0.15, -0.1) is 11.8 Å². The van der Waals surface area contributed by atoms with Crippen LogP contribution in [-0.2, 0) is 0 Å². The molecule has 0 radical (unpaired) electrons. The van der Waals surface area contributed by atoms with Gasteiger partial charge in [-0.05, 0) is 29.8 Å². The zero-order chi connectivity index (χ0) is 14.2. The van der Waals surface area contributed by atoms with E-state index in [0.29, 0.717) is 12.1 Å². The molecule has 0 saturated carbocycles. The number of hydrogen-bond acceptors (Lipinski definition) is 3. The van der Waals surface area contributed by atoms with Crippen molar-refractivity contribution in [3.8, 4) is 0 Å². The van der Waals surface area contributed by atoms with Crippen molar-refractivity contribution in [2.24, 2.45) is 0 Å². The molecule has 20 heavy (non-hydrogen) atoms. The van der Waals surface area contributed by atoms with Gasteiger partial charge in [0, 0.05) is 23.7 Å². The molecule has 0 aliphatic carbocycles. The lowest BCUT2D eigenvalue weighted by atomic mass is 10.1. The van der Waals surface area contributed by atoms with Crippen LogP contribution in [-0.4, -0.2) is 23.9 Å². The van der Waals surface area contributed by atoms with Crippen LogP contribution in [0.1, 0.15) is 11.7 Å². The van der Waals surface area contributed by atoms with Crippen LogP contribution in [0.4, 0.5) is 4.39 Å². The predicted octanol–water partition coefficient (Wildman–Crippen LogP) is 3.24. The molecule has 0 amide bonds. The SMILES string of the molecule is OC(CNCCSc1ccccc1)c1cccc(F)c1. The molecule has 0 aliphatic heterocycles. The number of rotatable bonds is 7. The summed E-state index contributed by atoms with van der Waals surface area (Å²) in [5.74, 6) is 0.612. The Morgan fingerprint density at radius 2 is 1.90 bits per heavy atom. The molecule has 0 spiro atoms. The van der Waals surface area contributed by atoms with Crippen molar-refractivity contribution in [2.75, 3.05) is 18.8 Å². The minimum atomic E-state index is -0.674. The summed E-state index contributed by atoms with van der Waals surface area (Å²) in [7, 11) is 0. The number of benzene rings is 2. The van der Waals surface area contributed by atoms with Gasteiger partial charge in [0.05, 0.1) is 6.10 Å². The topological polar surface area (TPSA) is 32.3 Å². The van der Waals surface area contributed by atoms with Crippen LogP contribution < -0.4 is 5.32 Å². The second kappa shape index (κ2) is 8.04. The number of thioether (sulfide) groups is 1. The molecule has 2 N–H and O–H groups in total. The van der Waals surface area contributed by atoms with Crippen molar-refractivity contribution in [3.63, 3.8) is 0 Å². The molecule has 0 aliphatic rings. The van der Waals surface area contributed by atoms with Gasteiger partial charge in [-0.2, -0.15) is 0 Å². The summed E-state index contributed by atoms with van der Waals surface area (Å²) < 4.78 is 13.0. The van der Waals surface area contributed by atoms with Crippen LogP contribution in [0.25, 0.3) is 0 Å². The van der Waals surface area contributed by atoms with E-state index in [9.17, 15) is 9.50 Å². The van der Waals surface area contributed by atoms with Crippen LogP contribution >= 0.6 is 11.8 Å². The van der Waals surface area contributed by atoms with Crippen molar-refractivity contribution in [1.29, 1.82) is 0 Å². The smallest absolute Gasteiger partial charge is 0.123 e. The summed E-state index contributed by atoms with van der Waals surface area (Å²) in [5, 5.41) is 13.1. The van der Waals surface area contributed by atoms with Gasteiger partial charge in [0.1, 0.15) is 5.82 Å². The first-order valence-electron chi connectivity index (χ1n) is 6.58. The molecular weight excluding hydrogens is 273 g/mol. The molecule has 0 fully saturated rings. The normalized spacial score (nSPS) is 12.3. The van der Waals surface area contributed by atoms with Crippen molar-refractivity contribution >= 4 is 11.8 Å². The Balaban J connectivity index is 1.66. The fraction of sp³-hybridized carbons (Fsp3) is 0.250. The molecule has 0 heterocycles. The average Bonchev–Trinajstić information content (AvgIpc) is 2.48. The van der Waals surface area contributed by atoms with Gasteiger partial charge in [0.15, 0.2) is 0 Å². The van der Waals surface area contributed by atoms with E-state index in [4.69, 9.17) is 0 Å². The highest BCUT2D eigenvalue weighted by Crippen LogP contribution is 2.16. The number of hydrogen-bond donors (Lipinski definition) is 2. The number of aliphatic hydroxyl groups excluding tert-OH is 1. The minimum absolute atomic E-state index is 0.318. The molecule has 2 aromatic rings. The largest absolute Gasteiger partial charge is 0.387 e. The predicted molar refractivity (Wildman–Crippen MR) is 81.4 cm³/mol. The Morgan fingerprint density at radius 1 is 1.10 bits per heavy atom. The van der Waals surface area contributed by atoms with E-state index in [-0.39, 0.29) is 5.82 Å². The number of nitrogens with one attached hydrogen (secondary N) is 1. The number of aliphatic hydroxyl groups is 1. The standard InChI is InChI=1S/C16H18FNOS/c17-14-6-4-5-13(11-14)16(19)12-18-9-10-20-15-7-2-1-3-8-15/h1-8,11,16,18-19H,9-10,12H2. The van der Waals surface area contributed by atoms with Crippen molar-refractivity contribution < 1.29 is 9.50 Å². The third kappa shape index (κ3) is 4.96. The highest BCUT2D eigenvalue weighted by Gasteiger charge is 2.07. The highest BCUT2D eigenvalue weighted by molar-refractivity contribution is 7.99. The lowest BCUT2D eigenvalue weighted by molar-refractivity contribution is 0.175. The Bertz CT molecular complexity index is 521. The summed E-state index contributed by atoms with van der Waals surface area (Å²) in [6.07, 6.45) is -0.674. The molecule has 0 aromatic heterocycles. The lowest BCUT2D eigenvalue weighted by Crippen LogP contribution is -2.23. The van der Waals surface area contributed by atoms with Crippen LogP contribution in [0, 0.1) is 5.82 Å². The molecule has 1 atom stereocenters. The van der Waals surface area contributed by atoms with E-state index in [1.807, 2.05) is 18.2 Å². The van der Waals surface area contributed by atoms with Crippen molar-refractivity contribution in [1.82, 2.24) is 5.32 Å². The minimum Gasteiger partial charge on any atom is -0.387 e. The Kier molecular flexibility index (Phi) is 6.05. The summed E-state index contributed by atoms with van der Waals surface area (Å²) in [6.45, 7) is 1.23. The van der Waals surface area contributed by atoms with E-state index in [1.54, 1.807) is 23.9 Å². The van der Waals surface area contributed by atoms with Crippen LogP contribution in [0.15, 0.2) is 59.5 Å². The third-order valence-corrected chi connectivity index (χ3v) is 3.88. The lowest BCUT2D eigenvalue weighted by Gasteiger charge is -2.12. The summed E-state index contributed by atoms with van der Waals surface area (Å²) >= 11 is 1.77. The molecule has 1 unspecified atom stereocenters. The maximum Gasteiger partial charge on any atom is 0.123 e. The molecule has 4 heteroatoms. The van der Waals surface area contributed by atoms with Crippen LogP contribution in [0.2, 0.25) is 0 Å². The first kappa shape index (κ1) is 15.0. The first-order valence-corrected chi connectivity index (χ1v) is 7.56. The fourth-order valence-corrected chi connectivity index (χ4v) is 2.66. The van der Waals surface area contributed by atoms with E-state index >= 15 is 0 Å². The molecule has 0 bridgehead atoms. The van der Waals surface area contributed by atoms with Crippen LogP contribution in [0.5, 0.6) is 0 Å². The fourth-order valence-electron chi connectivity index (χ4n) is 1.83. The van der Waals surface area contributed by atoms with Gasteiger partial charge >= 0.3 is 0 Å². The zero-order valence-corrected chi connectivity index (χ0v) is 11.9. The van der Waals surface area contributed by atoms with Crippen molar-refractivity contribution in [3.05, 3.63) is 66.0 Å². The van der Waals surface area contributed by atoms with E-state index in [0.717, 1.165) is 12.3 Å². The molecule has 2 nitrogen and oxygen atoms in total. The zero-order valence-electron chi connectivity index (χ0n) is 11.1. The molecule has 106 valence electrons. The van der Waals surface area contributed by atoms with Crippen LogP contribution in [0.3, 0.4) is 0 Å². The Hall–Kier alpha value is -1.36. The van der Waals surface area contributed by atoms with Gasteiger partial charge < -0.3 is 10.4 Å². The maximum atomic E-state index is 13.0. The van der Waals surface area contributed by atoms with Gasteiger partial charge in [-0.25, -0.2) is 4.39 Å². The molecular formula is C16H18FNOS. The van der Waals surface area contributed by atoms with Gasteiger partial charge in [-0.1, -0.05) is 30.3 Å². The van der Waals surface area contributed by atoms with E-state index < -0.39 is 6.10 Å². The van der Waals surface area contributed by atoms with Gasteiger partial charge in [-0.3, -0.25) is 0 Å². The Morgan fingerprint density at radius 3 is 2.65 bits per heavy atom. The van der Waals surface area contributed by atoms with E-state index in [1.165, 1.54) is 17.0 Å². The molecule has 0 saturated heterocycles. The summed E-state index contributed by atoms with van der Waals surface area (Å²) in [5.41, 5.74) is 0.605. The Labute approximate surface area is 123 Å². The van der Waals surface area contributed by atoms with Crippen molar-refractivity contribution in [2.45, 2.75) is 11.0 Å². The highest BCUT2D eigenvalue weighted by atomic mass is 32.2.